The maximum atomic E-state index is 14.4. The fraction of sp³-hybridized carbons (Fsp3) is 0.422. The number of hydrogen-bond donors (Lipinski definition) is 4. The third-order valence-electron chi connectivity index (χ3n) is 15.8. The number of pyridine rings is 2. The molecule has 6 heterocycles. The van der Waals surface area contributed by atoms with Crippen molar-refractivity contribution in [2.45, 2.75) is 150 Å². The van der Waals surface area contributed by atoms with Gasteiger partial charge in [-0.15, -0.1) is 11.3 Å². The number of carbonyl (C=O) groups is 5. The monoisotopic (exact) mass is 1160 g/mol. The Balaban J connectivity index is 0.769. The molecule has 434 valence electrons. The molecule has 1 saturated heterocycles. The molecule has 7 aromatic rings. The molecule has 4 N–H and O–H groups in total. The number of aromatic nitrogens is 4. The van der Waals surface area contributed by atoms with Crippen molar-refractivity contribution in [2.75, 3.05) is 23.3 Å². The van der Waals surface area contributed by atoms with Crippen molar-refractivity contribution in [1.82, 2.24) is 35.5 Å². The number of aliphatic hydroxyl groups excluding tert-OH is 1. The molecule has 10 rings (SSSR count). The fourth-order valence-electron chi connectivity index (χ4n) is 11.4. The lowest BCUT2D eigenvalue weighted by Crippen LogP contribution is -2.58. The predicted octanol–water partition coefficient (Wildman–Crippen LogP) is 11.0. The minimum absolute atomic E-state index is 0.0255. The van der Waals surface area contributed by atoms with Gasteiger partial charge >= 0.3 is 5.97 Å². The smallest absolute Gasteiger partial charge is 0.358 e. The van der Waals surface area contributed by atoms with E-state index in [9.17, 15) is 29.1 Å². The van der Waals surface area contributed by atoms with Crippen LogP contribution in [0.4, 0.5) is 10.9 Å². The molecule has 3 aliphatic rings. The summed E-state index contributed by atoms with van der Waals surface area (Å²) in [5.74, 6) is -0.526. The van der Waals surface area contributed by atoms with E-state index in [0.29, 0.717) is 65.9 Å². The topological polar surface area (TPSA) is 218 Å². The number of fused-ring (bicyclic) bond motifs is 2. The molecule has 4 amide bonds. The van der Waals surface area contributed by atoms with E-state index in [1.807, 2.05) is 141 Å². The van der Waals surface area contributed by atoms with Gasteiger partial charge in [-0.25, -0.2) is 19.7 Å². The summed E-state index contributed by atoms with van der Waals surface area (Å²) in [5, 5.41) is 20.4. The normalized spacial score (nSPS) is 18.9. The van der Waals surface area contributed by atoms with Crippen molar-refractivity contribution in [3.8, 4) is 27.3 Å². The fourth-order valence-corrected chi connectivity index (χ4v) is 13.1. The maximum absolute atomic E-state index is 14.4. The van der Waals surface area contributed by atoms with Crippen LogP contribution >= 0.6 is 22.7 Å². The highest BCUT2D eigenvalue weighted by atomic mass is 32.1. The number of aryl methyl sites for hydroxylation is 1. The Morgan fingerprint density at radius 3 is 2.33 bits per heavy atom. The first-order valence-electron chi connectivity index (χ1n) is 28.5. The highest BCUT2D eigenvalue weighted by Crippen LogP contribution is 2.38. The van der Waals surface area contributed by atoms with Gasteiger partial charge in [-0.2, -0.15) is 0 Å². The van der Waals surface area contributed by atoms with Crippen molar-refractivity contribution >= 4 is 73.4 Å². The number of ether oxygens (including phenoxy) is 2. The van der Waals surface area contributed by atoms with Crippen LogP contribution in [0, 0.1) is 25.2 Å². The number of nitrogens with zero attached hydrogens (tertiary/aromatic N) is 6. The molecule has 2 fully saturated rings. The van der Waals surface area contributed by atoms with Crippen molar-refractivity contribution in [1.29, 1.82) is 0 Å². The van der Waals surface area contributed by atoms with E-state index >= 15 is 0 Å². The third-order valence-corrected chi connectivity index (χ3v) is 17.8. The number of anilines is 2. The van der Waals surface area contributed by atoms with Crippen molar-refractivity contribution in [3.63, 3.8) is 0 Å². The van der Waals surface area contributed by atoms with E-state index in [4.69, 9.17) is 14.5 Å². The summed E-state index contributed by atoms with van der Waals surface area (Å²) in [6.07, 6.45) is 4.60. The van der Waals surface area contributed by atoms with Crippen LogP contribution in [0.1, 0.15) is 142 Å². The predicted molar refractivity (Wildman–Crippen MR) is 323 cm³/mol. The number of amides is 4. The Kier molecular flexibility index (Phi) is 17.2. The first-order valence-corrected chi connectivity index (χ1v) is 30.2. The zero-order chi connectivity index (χ0) is 58.9. The average molecular weight is 1160 g/mol. The van der Waals surface area contributed by atoms with Gasteiger partial charge in [0.25, 0.3) is 5.91 Å². The van der Waals surface area contributed by atoms with Crippen LogP contribution in [0.2, 0.25) is 0 Å². The number of hydrogen-bond acceptors (Lipinski definition) is 15. The molecule has 0 spiro atoms. The summed E-state index contributed by atoms with van der Waals surface area (Å²) in [6.45, 7) is 17.9. The Morgan fingerprint density at radius 2 is 1.61 bits per heavy atom. The Bertz CT molecular complexity index is 3530. The Labute approximate surface area is 492 Å². The number of carbonyl (C=O) groups excluding carboxylic acids is 5. The summed E-state index contributed by atoms with van der Waals surface area (Å²) >= 11 is 2.97. The Hall–Kier alpha value is -7.61. The van der Waals surface area contributed by atoms with Crippen LogP contribution in [-0.4, -0.2) is 103 Å². The molecule has 1 aliphatic carbocycles. The summed E-state index contributed by atoms with van der Waals surface area (Å²) in [7, 11) is 0. The number of rotatable bonds is 15. The van der Waals surface area contributed by atoms with Gasteiger partial charge in [-0.3, -0.25) is 29.5 Å². The van der Waals surface area contributed by atoms with Crippen LogP contribution in [0.15, 0.2) is 96.6 Å². The molecular formula is C64H73N9O8S2. The van der Waals surface area contributed by atoms with Gasteiger partial charge < -0.3 is 35.0 Å². The van der Waals surface area contributed by atoms with Crippen LogP contribution in [0.5, 0.6) is 5.75 Å². The van der Waals surface area contributed by atoms with Crippen molar-refractivity contribution in [2.24, 2.45) is 11.3 Å². The average Bonchev–Trinajstić information content (AvgIpc) is 4.37. The molecule has 83 heavy (non-hydrogen) atoms. The summed E-state index contributed by atoms with van der Waals surface area (Å²) in [6, 6.07) is 24.7. The number of para-hydroxylation sites is 1. The molecule has 2 aliphatic heterocycles. The van der Waals surface area contributed by atoms with Gasteiger partial charge in [0.1, 0.15) is 29.3 Å². The van der Waals surface area contributed by atoms with Crippen LogP contribution in [-0.2, 0) is 32.1 Å². The van der Waals surface area contributed by atoms with Crippen LogP contribution in [0.25, 0.3) is 31.8 Å². The van der Waals surface area contributed by atoms with Gasteiger partial charge in [0.05, 0.1) is 50.2 Å². The number of β-amino-alcohol motifs (C(OH)–C–C–N with tert-alkyl or cyclic N) is 1. The molecule has 4 atom stereocenters. The quantitative estimate of drug-likeness (QED) is 0.0703. The number of esters is 1. The van der Waals surface area contributed by atoms with Crippen LogP contribution < -0.4 is 25.6 Å². The molecule has 17 nitrogen and oxygen atoms in total. The van der Waals surface area contributed by atoms with E-state index in [-0.39, 0.29) is 48.9 Å². The summed E-state index contributed by atoms with van der Waals surface area (Å²) < 4.78 is 13.7. The van der Waals surface area contributed by atoms with Gasteiger partial charge in [-0.05, 0) is 150 Å². The lowest BCUT2D eigenvalue weighted by atomic mass is 9.83. The second-order valence-corrected chi connectivity index (χ2v) is 26.1. The third kappa shape index (κ3) is 13.4. The molecule has 1 saturated carbocycles. The molecule has 0 bridgehead atoms. The van der Waals surface area contributed by atoms with Crippen LogP contribution in [0.3, 0.4) is 0 Å². The minimum Gasteiger partial charge on any atom is -0.490 e. The van der Waals surface area contributed by atoms with Gasteiger partial charge in [0, 0.05) is 55.4 Å². The highest BCUT2D eigenvalue weighted by molar-refractivity contribution is 7.22. The first-order chi connectivity index (χ1) is 39.6. The first kappa shape index (κ1) is 58.6. The molecule has 3 aromatic carbocycles. The lowest BCUT2D eigenvalue weighted by molar-refractivity contribution is -0.144. The van der Waals surface area contributed by atoms with E-state index in [1.54, 1.807) is 11.7 Å². The van der Waals surface area contributed by atoms with Crippen molar-refractivity contribution in [3.05, 3.63) is 136 Å². The van der Waals surface area contributed by atoms with E-state index < -0.39 is 53.0 Å². The van der Waals surface area contributed by atoms with E-state index in [1.165, 1.54) is 27.6 Å². The lowest BCUT2D eigenvalue weighted by Gasteiger charge is -2.36. The minimum atomic E-state index is -0.943. The molecule has 19 heteroatoms. The van der Waals surface area contributed by atoms with E-state index in [0.717, 1.165) is 61.4 Å². The zero-order valence-corrected chi connectivity index (χ0v) is 50.2. The summed E-state index contributed by atoms with van der Waals surface area (Å²) in [4.78, 5) is 93.3. The van der Waals surface area contributed by atoms with Crippen molar-refractivity contribution < 1.29 is 38.6 Å². The highest BCUT2D eigenvalue weighted by Gasteiger charge is 2.45. The Morgan fingerprint density at radius 1 is 0.843 bits per heavy atom. The van der Waals surface area contributed by atoms with Gasteiger partial charge in [-0.1, -0.05) is 74.6 Å². The molecule has 4 aromatic heterocycles. The number of aliphatic hydroxyl groups is 1. The molecular weight excluding hydrogens is 1090 g/mol. The SMILES string of the molecule is Cc1ncsc1-c1ccc([C@H](C)NC(=O)[C@@H]2C[C@@H](O)CN2C(=O)C(NC(=O)CC2CCC(Oc3cccc(-c4ccc(N5CCc6cccc(C(=O)Nc7nc8ccccc8s7)c6C5)nc4C(=O)OC(C)(C)C)c3C)CC2)C(C)(C)C)nc1. The standard InChI is InChI=1S/C64H73N9O8S2/c1-36-44(45-25-27-53(69-55(45)61(79)81-64(7,8)9)72-29-28-40-14-12-16-46(47(40)34-72)58(76)71-62-68-49-17-10-11-19-52(49)83-62)15-13-18-51(36)80-43-23-20-39(21-24-43)30-54(75)70-57(63(4,5)6)60(78)73-33-42(74)31-50(73)59(77)67-37(2)48-26-22-41(32-65-48)56-38(3)66-35-82-56/h10-19,22,25-27,32,35,37,39,42-43,50,57,74H,20-21,23-24,28-31,33-34H2,1-9H3,(H,67,77)(H,70,75)(H,68,71,76)/t37-,39?,42+,43?,50-,57?/m0/s1. The van der Waals surface area contributed by atoms with Gasteiger partial charge in [0.2, 0.25) is 17.7 Å². The second-order valence-electron chi connectivity index (χ2n) is 24.2. The number of likely N-dealkylation sites (tertiary alicyclic amines) is 1. The maximum Gasteiger partial charge on any atom is 0.358 e. The second kappa shape index (κ2) is 24.3. The number of benzene rings is 3. The van der Waals surface area contributed by atoms with E-state index in [2.05, 4.69) is 41.9 Å². The molecule has 1 unspecified atom stereocenters. The molecule has 0 radical (unpaired) electrons. The largest absolute Gasteiger partial charge is 0.490 e. The number of nitrogens with one attached hydrogen (secondary N) is 3. The zero-order valence-electron chi connectivity index (χ0n) is 48.6. The number of thiazole rings is 2. The summed E-state index contributed by atoms with van der Waals surface area (Å²) in [5.41, 5.74) is 8.57. The van der Waals surface area contributed by atoms with Gasteiger partial charge in [0.15, 0.2) is 10.8 Å².